The first-order valence-electron chi connectivity index (χ1n) is 11.7. The van der Waals surface area contributed by atoms with Crippen molar-refractivity contribution in [2.75, 3.05) is 11.5 Å². The van der Waals surface area contributed by atoms with Gasteiger partial charge in [0.15, 0.2) is 0 Å². The standard InChI is InChI=1S/C24H43OPS2/c1-3-5-7-9-11-13-18-22-27-26(25,24-20-16-15-17-21-24)28-23-19-14-12-10-8-6-4-2/h15-17,20-21H,3-14,18-19,22-23H2,1-2H3. The number of hydrogen-bond donors (Lipinski definition) is 0. The van der Waals surface area contributed by atoms with Gasteiger partial charge in [-0.05, 0) is 25.0 Å². The molecule has 0 saturated carbocycles. The average Bonchev–Trinajstić information content (AvgIpc) is 2.72. The minimum Gasteiger partial charge on any atom is -0.295 e. The fourth-order valence-electron chi connectivity index (χ4n) is 3.28. The second-order valence-corrected chi connectivity index (χ2v) is 15.9. The molecule has 0 aliphatic carbocycles. The lowest BCUT2D eigenvalue weighted by Gasteiger charge is -2.17. The van der Waals surface area contributed by atoms with Crippen LogP contribution in [0.4, 0.5) is 0 Å². The molecule has 0 radical (unpaired) electrons. The summed E-state index contributed by atoms with van der Waals surface area (Å²) >= 11 is 3.48. The Labute approximate surface area is 183 Å². The van der Waals surface area contributed by atoms with Crippen molar-refractivity contribution in [3.05, 3.63) is 30.3 Å². The number of hydrogen-bond acceptors (Lipinski definition) is 3. The van der Waals surface area contributed by atoms with Gasteiger partial charge in [-0.1, -0.05) is 132 Å². The maximum Gasteiger partial charge on any atom is 0.219 e. The molecule has 0 fully saturated rings. The van der Waals surface area contributed by atoms with E-state index >= 15 is 0 Å². The summed E-state index contributed by atoms with van der Waals surface area (Å²) in [6.45, 7) is 4.53. The van der Waals surface area contributed by atoms with Crippen LogP contribution >= 0.6 is 28.3 Å². The minimum atomic E-state index is -2.37. The highest BCUT2D eigenvalue weighted by Gasteiger charge is 2.25. The van der Waals surface area contributed by atoms with Gasteiger partial charge in [-0.15, -0.1) is 0 Å². The van der Waals surface area contributed by atoms with Crippen molar-refractivity contribution in [2.24, 2.45) is 0 Å². The molecule has 1 rings (SSSR count). The number of rotatable bonds is 19. The lowest BCUT2D eigenvalue weighted by molar-refractivity contribution is 0.597. The molecule has 0 aliphatic rings. The van der Waals surface area contributed by atoms with Crippen molar-refractivity contribution in [1.82, 2.24) is 0 Å². The van der Waals surface area contributed by atoms with Crippen LogP contribution in [0.1, 0.15) is 104 Å². The highest BCUT2D eigenvalue weighted by molar-refractivity contribution is 8.92. The second-order valence-electron chi connectivity index (χ2n) is 7.74. The third-order valence-electron chi connectivity index (χ3n) is 5.09. The lowest BCUT2D eigenvalue weighted by Crippen LogP contribution is -2.00. The summed E-state index contributed by atoms with van der Waals surface area (Å²) in [7, 11) is 0. The molecule has 0 bridgehead atoms. The molecule has 0 spiro atoms. The Hall–Kier alpha value is 0.150. The first kappa shape index (κ1) is 26.2. The van der Waals surface area contributed by atoms with Crippen LogP contribution in [0.25, 0.3) is 0 Å². The molecule has 1 aromatic carbocycles. The molecule has 162 valence electrons. The van der Waals surface area contributed by atoms with Crippen molar-refractivity contribution in [3.8, 4) is 0 Å². The van der Waals surface area contributed by atoms with Crippen LogP contribution in [-0.2, 0) is 4.57 Å². The monoisotopic (exact) mass is 442 g/mol. The lowest BCUT2D eigenvalue weighted by atomic mass is 10.1. The fourth-order valence-corrected chi connectivity index (χ4v) is 11.4. The first-order valence-corrected chi connectivity index (χ1v) is 16.6. The predicted molar refractivity (Wildman–Crippen MR) is 135 cm³/mol. The van der Waals surface area contributed by atoms with Crippen LogP contribution in [0.15, 0.2) is 30.3 Å². The van der Waals surface area contributed by atoms with E-state index in [-0.39, 0.29) is 0 Å². The summed E-state index contributed by atoms with van der Waals surface area (Å²) < 4.78 is 13.7. The van der Waals surface area contributed by atoms with Crippen LogP contribution in [0.3, 0.4) is 0 Å². The third kappa shape index (κ3) is 12.7. The molecule has 0 aliphatic heterocycles. The second kappa shape index (κ2) is 18.0. The zero-order chi connectivity index (χ0) is 20.3. The van der Waals surface area contributed by atoms with Gasteiger partial charge in [0.1, 0.15) is 0 Å². The molecular weight excluding hydrogens is 399 g/mol. The normalized spacial score (nSPS) is 11.8. The topological polar surface area (TPSA) is 17.1 Å². The van der Waals surface area contributed by atoms with Crippen LogP contribution in [-0.4, -0.2) is 11.5 Å². The van der Waals surface area contributed by atoms with Gasteiger partial charge in [0.2, 0.25) is 5.55 Å². The van der Waals surface area contributed by atoms with Crippen molar-refractivity contribution in [2.45, 2.75) is 104 Å². The van der Waals surface area contributed by atoms with Gasteiger partial charge in [-0.25, -0.2) is 0 Å². The Balaban J connectivity index is 2.31. The predicted octanol–water partition coefficient (Wildman–Crippen LogP) is 9.47. The third-order valence-corrected chi connectivity index (χ3v) is 13.9. The fraction of sp³-hybridized carbons (Fsp3) is 0.750. The summed E-state index contributed by atoms with van der Waals surface area (Å²) in [6.07, 6.45) is 18.5. The average molecular weight is 443 g/mol. The molecule has 0 heterocycles. The molecule has 0 N–H and O–H groups in total. The summed E-state index contributed by atoms with van der Waals surface area (Å²) in [6, 6.07) is 10.2. The van der Waals surface area contributed by atoms with E-state index in [1.165, 1.54) is 89.9 Å². The van der Waals surface area contributed by atoms with Crippen molar-refractivity contribution >= 4 is 33.6 Å². The van der Waals surface area contributed by atoms with Crippen LogP contribution in [0, 0.1) is 0 Å². The molecule has 0 amide bonds. The van der Waals surface area contributed by atoms with Gasteiger partial charge >= 0.3 is 0 Å². The summed E-state index contributed by atoms with van der Waals surface area (Å²) in [5.41, 5.74) is -2.37. The summed E-state index contributed by atoms with van der Waals surface area (Å²) in [5, 5.41) is 1.05. The van der Waals surface area contributed by atoms with Crippen molar-refractivity contribution in [3.63, 3.8) is 0 Å². The molecule has 1 nitrogen and oxygen atoms in total. The van der Waals surface area contributed by atoms with Gasteiger partial charge in [-0.2, -0.15) is 0 Å². The Morgan fingerprint density at radius 2 is 1.00 bits per heavy atom. The first-order chi connectivity index (χ1) is 13.7. The van der Waals surface area contributed by atoms with E-state index in [4.69, 9.17) is 0 Å². The highest BCUT2D eigenvalue weighted by atomic mass is 33.1. The van der Waals surface area contributed by atoms with Gasteiger partial charge < -0.3 is 0 Å². The molecule has 0 aromatic heterocycles. The Kier molecular flexibility index (Phi) is 16.8. The zero-order valence-electron chi connectivity index (χ0n) is 18.4. The quantitative estimate of drug-likeness (QED) is 0.157. The Morgan fingerprint density at radius 1 is 0.607 bits per heavy atom. The molecular formula is C24H43OPS2. The van der Waals surface area contributed by atoms with E-state index < -0.39 is 5.55 Å². The van der Waals surface area contributed by atoms with Crippen molar-refractivity contribution in [1.29, 1.82) is 0 Å². The maximum atomic E-state index is 13.7. The van der Waals surface area contributed by atoms with E-state index in [0.29, 0.717) is 0 Å². The molecule has 0 saturated heterocycles. The Bertz CT molecular complexity index is 483. The summed E-state index contributed by atoms with van der Waals surface area (Å²) in [5.74, 6) is 2.06. The van der Waals surface area contributed by atoms with E-state index in [1.807, 2.05) is 18.2 Å². The maximum absolute atomic E-state index is 13.7. The van der Waals surface area contributed by atoms with Gasteiger partial charge in [-0.3, -0.25) is 4.57 Å². The highest BCUT2D eigenvalue weighted by Crippen LogP contribution is 2.68. The molecule has 4 heteroatoms. The number of unbranched alkanes of at least 4 members (excludes halogenated alkanes) is 12. The van der Waals surface area contributed by atoms with Crippen LogP contribution < -0.4 is 5.30 Å². The minimum absolute atomic E-state index is 1.03. The zero-order valence-corrected chi connectivity index (χ0v) is 20.9. The van der Waals surface area contributed by atoms with Crippen molar-refractivity contribution < 1.29 is 4.57 Å². The van der Waals surface area contributed by atoms with E-state index in [0.717, 1.165) is 16.8 Å². The SMILES string of the molecule is CCCCCCCCCSP(=O)(SCCCCCCCCC)c1ccccc1. The van der Waals surface area contributed by atoms with Gasteiger partial charge in [0.25, 0.3) is 0 Å². The molecule has 0 unspecified atom stereocenters. The van der Waals surface area contributed by atoms with E-state index in [9.17, 15) is 4.57 Å². The van der Waals surface area contributed by atoms with Crippen LogP contribution in [0.5, 0.6) is 0 Å². The van der Waals surface area contributed by atoms with E-state index in [2.05, 4.69) is 26.0 Å². The summed E-state index contributed by atoms with van der Waals surface area (Å²) in [4.78, 5) is 0. The Morgan fingerprint density at radius 3 is 1.43 bits per heavy atom. The smallest absolute Gasteiger partial charge is 0.219 e. The van der Waals surface area contributed by atoms with Gasteiger partial charge in [0.05, 0.1) is 0 Å². The molecule has 1 aromatic rings. The van der Waals surface area contributed by atoms with E-state index in [1.54, 1.807) is 22.8 Å². The van der Waals surface area contributed by atoms with Crippen LogP contribution in [0.2, 0.25) is 0 Å². The largest absolute Gasteiger partial charge is 0.295 e. The molecule has 28 heavy (non-hydrogen) atoms. The molecule has 0 atom stereocenters. The van der Waals surface area contributed by atoms with Gasteiger partial charge in [0, 0.05) is 16.8 Å². The number of benzene rings is 1.